The zero-order chi connectivity index (χ0) is 10.0. The smallest absolute Gasteiger partial charge is 0.266 e. The monoisotopic (exact) mass is 207 g/mol. The number of hydrogen-bond donors (Lipinski definition) is 2. The van der Waals surface area contributed by atoms with Gasteiger partial charge in [-0.15, -0.1) is 0 Å². The molecule has 0 bridgehead atoms. The maximum Gasteiger partial charge on any atom is 0.266 e. The summed E-state index contributed by atoms with van der Waals surface area (Å²) in [5.74, 6) is 0. The van der Waals surface area contributed by atoms with E-state index < -0.39 is 6.43 Å². The van der Waals surface area contributed by atoms with Crippen molar-refractivity contribution in [1.29, 1.82) is 0 Å². The summed E-state index contributed by atoms with van der Waals surface area (Å²) in [7, 11) is 0. The van der Waals surface area contributed by atoms with Crippen molar-refractivity contribution in [3.63, 3.8) is 0 Å². The van der Waals surface area contributed by atoms with Gasteiger partial charge in [-0.05, 0) is 6.07 Å². The molecular formula is C7H8ClF2N3. The number of pyridine rings is 1. The Morgan fingerprint density at radius 3 is 2.62 bits per heavy atom. The normalized spacial score (nSPS) is 10.8. The van der Waals surface area contributed by atoms with Gasteiger partial charge in [-0.3, -0.25) is 0 Å². The third kappa shape index (κ3) is 2.05. The maximum absolute atomic E-state index is 12.3. The van der Waals surface area contributed by atoms with Crippen LogP contribution >= 0.6 is 11.6 Å². The number of alkyl halides is 2. The Bertz CT molecular complexity index is 317. The molecule has 0 saturated carbocycles. The Kier molecular flexibility index (Phi) is 3.00. The Hall–Kier alpha value is -0.940. The highest BCUT2D eigenvalue weighted by Crippen LogP contribution is 2.29. The van der Waals surface area contributed by atoms with Crippen LogP contribution in [0.15, 0.2) is 6.07 Å². The molecule has 1 heterocycles. The largest absolute Gasteiger partial charge is 0.396 e. The van der Waals surface area contributed by atoms with Gasteiger partial charge < -0.3 is 11.5 Å². The molecule has 1 rings (SSSR count). The summed E-state index contributed by atoms with van der Waals surface area (Å²) in [6.07, 6.45) is -2.66. The standard InChI is InChI=1S/C7H8ClF2N3/c8-6-5(12)4(7(9)10)1-3(2-11)13-6/h1,7H,2,11-12H2. The molecule has 0 amide bonds. The summed E-state index contributed by atoms with van der Waals surface area (Å²) in [5.41, 5.74) is 10.3. The molecule has 0 saturated heterocycles. The quantitative estimate of drug-likeness (QED) is 0.726. The lowest BCUT2D eigenvalue weighted by Gasteiger charge is -2.07. The SMILES string of the molecule is NCc1cc(C(F)F)c(N)c(Cl)n1. The summed E-state index contributed by atoms with van der Waals surface area (Å²) in [6, 6.07) is 1.16. The van der Waals surface area contributed by atoms with Crippen molar-refractivity contribution in [1.82, 2.24) is 4.98 Å². The van der Waals surface area contributed by atoms with Crippen LogP contribution in [0, 0.1) is 0 Å². The van der Waals surface area contributed by atoms with Gasteiger partial charge in [0.15, 0.2) is 5.15 Å². The second-order valence-corrected chi connectivity index (χ2v) is 2.77. The Morgan fingerprint density at radius 2 is 2.15 bits per heavy atom. The van der Waals surface area contributed by atoms with E-state index in [-0.39, 0.29) is 22.9 Å². The molecule has 0 aliphatic rings. The third-order valence-corrected chi connectivity index (χ3v) is 1.83. The summed E-state index contributed by atoms with van der Waals surface area (Å²) in [5, 5.41) is -0.127. The number of anilines is 1. The summed E-state index contributed by atoms with van der Waals surface area (Å²) >= 11 is 5.52. The summed E-state index contributed by atoms with van der Waals surface area (Å²) in [4.78, 5) is 3.72. The molecule has 13 heavy (non-hydrogen) atoms. The number of nitrogens with two attached hydrogens (primary N) is 2. The fourth-order valence-electron chi connectivity index (χ4n) is 0.880. The molecule has 0 aliphatic heterocycles. The van der Waals surface area contributed by atoms with Gasteiger partial charge in [0, 0.05) is 12.1 Å². The third-order valence-electron chi connectivity index (χ3n) is 1.54. The Labute approximate surface area is 78.7 Å². The van der Waals surface area contributed by atoms with Gasteiger partial charge in [-0.25, -0.2) is 13.8 Å². The van der Waals surface area contributed by atoms with E-state index in [1.165, 1.54) is 0 Å². The molecule has 0 spiro atoms. The van der Waals surface area contributed by atoms with Gasteiger partial charge >= 0.3 is 0 Å². The molecule has 6 heteroatoms. The first-order valence-corrected chi connectivity index (χ1v) is 3.87. The number of halogens is 3. The van der Waals surface area contributed by atoms with Gasteiger partial charge in [-0.2, -0.15) is 0 Å². The Balaban J connectivity index is 3.25. The van der Waals surface area contributed by atoms with Crippen LogP contribution in [0.3, 0.4) is 0 Å². The van der Waals surface area contributed by atoms with E-state index in [1.807, 2.05) is 0 Å². The molecule has 0 fully saturated rings. The van der Waals surface area contributed by atoms with Crippen molar-refractivity contribution >= 4 is 17.3 Å². The van der Waals surface area contributed by atoms with E-state index in [2.05, 4.69) is 4.98 Å². The topological polar surface area (TPSA) is 64.9 Å². The summed E-state index contributed by atoms with van der Waals surface area (Å²) < 4.78 is 24.6. The first kappa shape index (κ1) is 10.1. The number of aromatic nitrogens is 1. The number of nitrogens with zero attached hydrogens (tertiary/aromatic N) is 1. The van der Waals surface area contributed by atoms with Crippen molar-refractivity contribution in [3.8, 4) is 0 Å². The molecule has 0 aromatic carbocycles. The molecule has 0 aliphatic carbocycles. The first-order chi connectivity index (χ1) is 6.06. The molecule has 0 unspecified atom stereocenters. The summed E-state index contributed by atoms with van der Waals surface area (Å²) in [6.45, 7) is 0.0553. The second-order valence-electron chi connectivity index (χ2n) is 2.41. The van der Waals surface area contributed by atoms with Crippen LogP contribution in [-0.2, 0) is 6.54 Å². The van der Waals surface area contributed by atoms with Gasteiger partial charge in [0.2, 0.25) is 0 Å². The van der Waals surface area contributed by atoms with Crippen molar-refractivity contribution in [3.05, 3.63) is 22.5 Å². The molecule has 72 valence electrons. The predicted molar refractivity (Wildman–Crippen MR) is 46.5 cm³/mol. The first-order valence-electron chi connectivity index (χ1n) is 3.49. The highest BCUT2D eigenvalue weighted by Gasteiger charge is 2.15. The molecule has 1 aromatic rings. The van der Waals surface area contributed by atoms with E-state index in [1.54, 1.807) is 0 Å². The fourth-order valence-corrected chi connectivity index (χ4v) is 1.10. The second kappa shape index (κ2) is 3.85. The van der Waals surface area contributed by atoms with Crippen LogP contribution in [0.5, 0.6) is 0 Å². The van der Waals surface area contributed by atoms with E-state index in [9.17, 15) is 8.78 Å². The van der Waals surface area contributed by atoms with Crippen molar-refractivity contribution in [2.75, 3.05) is 5.73 Å². The zero-order valence-corrected chi connectivity index (χ0v) is 7.35. The highest BCUT2D eigenvalue weighted by atomic mass is 35.5. The molecular weight excluding hydrogens is 200 g/mol. The highest BCUT2D eigenvalue weighted by molar-refractivity contribution is 6.32. The van der Waals surface area contributed by atoms with Crippen molar-refractivity contribution in [2.24, 2.45) is 5.73 Å². The van der Waals surface area contributed by atoms with Crippen LogP contribution in [-0.4, -0.2) is 4.98 Å². The van der Waals surface area contributed by atoms with Crippen LogP contribution in [0.2, 0.25) is 5.15 Å². The minimum Gasteiger partial charge on any atom is -0.396 e. The van der Waals surface area contributed by atoms with Gasteiger partial charge in [0.05, 0.1) is 11.4 Å². The maximum atomic E-state index is 12.3. The molecule has 1 aromatic heterocycles. The lowest BCUT2D eigenvalue weighted by molar-refractivity contribution is 0.152. The van der Waals surface area contributed by atoms with Crippen LogP contribution < -0.4 is 11.5 Å². The fraction of sp³-hybridized carbons (Fsp3) is 0.286. The number of hydrogen-bond acceptors (Lipinski definition) is 3. The minimum atomic E-state index is -2.66. The van der Waals surface area contributed by atoms with E-state index in [4.69, 9.17) is 23.1 Å². The minimum absolute atomic E-state index is 0.0553. The van der Waals surface area contributed by atoms with E-state index in [0.717, 1.165) is 6.07 Å². The van der Waals surface area contributed by atoms with Crippen LogP contribution in [0.1, 0.15) is 17.7 Å². The van der Waals surface area contributed by atoms with Gasteiger partial charge in [0.25, 0.3) is 6.43 Å². The van der Waals surface area contributed by atoms with E-state index in [0.29, 0.717) is 5.69 Å². The molecule has 0 radical (unpaired) electrons. The Morgan fingerprint density at radius 1 is 1.54 bits per heavy atom. The lowest BCUT2D eigenvalue weighted by Crippen LogP contribution is -2.05. The van der Waals surface area contributed by atoms with Crippen LogP contribution in [0.4, 0.5) is 14.5 Å². The van der Waals surface area contributed by atoms with Gasteiger partial charge in [-0.1, -0.05) is 11.6 Å². The number of rotatable bonds is 2. The van der Waals surface area contributed by atoms with Crippen molar-refractivity contribution < 1.29 is 8.78 Å². The zero-order valence-electron chi connectivity index (χ0n) is 6.60. The van der Waals surface area contributed by atoms with E-state index >= 15 is 0 Å². The van der Waals surface area contributed by atoms with Crippen molar-refractivity contribution in [2.45, 2.75) is 13.0 Å². The van der Waals surface area contributed by atoms with Gasteiger partial charge in [0.1, 0.15) is 0 Å². The average Bonchev–Trinajstić information content (AvgIpc) is 2.09. The predicted octanol–water partition coefficient (Wildman–Crippen LogP) is 1.71. The number of nitrogen functional groups attached to an aromatic ring is 1. The molecule has 3 nitrogen and oxygen atoms in total. The molecule has 4 N–H and O–H groups in total. The molecule has 0 atom stereocenters. The lowest BCUT2D eigenvalue weighted by atomic mass is 10.2. The average molecular weight is 208 g/mol. The van der Waals surface area contributed by atoms with Crippen LogP contribution in [0.25, 0.3) is 0 Å².